The van der Waals surface area contributed by atoms with Gasteiger partial charge in [0.15, 0.2) is 5.78 Å². The van der Waals surface area contributed by atoms with Crippen LogP contribution in [0.3, 0.4) is 0 Å². The number of carbonyl (C=O) groups is 3. The van der Waals surface area contributed by atoms with Gasteiger partial charge >= 0.3 is 5.97 Å². The first-order valence-corrected chi connectivity index (χ1v) is 11.0. The summed E-state index contributed by atoms with van der Waals surface area (Å²) in [7, 11) is 0. The van der Waals surface area contributed by atoms with E-state index >= 15 is 0 Å². The van der Waals surface area contributed by atoms with Gasteiger partial charge in [-0.3, -0.25) is 9.59 Å². The third kappa shape index (κ3) is 5.25. The van der Waals surface area contributed by atoms with Gasteiger partial charge in [-0.15, -0.1) is 11.3 Å². The van der Waals surface area contributed by atoms with Gasteiger partial charge in [0.2, 0.25) is 5.91 Å². The number of hydrogen-bond acceptors (Lipinski definition) is 5. The largest absolute Gasteiger partial charge is 0.462 e. The number of anilines is 1. The molecule has 29 heavy (non-hydrogen) atoms. The van der Waals surface area contributed by atoms with Crippen LogP contribution in [0.1, 0.15) is 64.3 Å². The lowest BCUT2D eigenvalue weighted by Gasteiger charge is -2.18. The van der Waals surface area contributed by atoms with Gasteiger partial charge in [-0.05, 0) is 61.9 Å². The molecule has 0 saturated heterocycles. The number of rotatable bonds is 7. The summed E-state index contributed by atoms with van der Waals surface area (Å²) in [6, 6.07) is 6.60. The van der Waals surface area contributed by atoms with Crippen LogP contribution in [0.4, 0.5) is 5.00 Å². The number of amides is 1. The lowest BCUT2D eigenvalue weighted by molar-refractivity contribution is -0.116. The van der Waals surface area contributed by atoms with Crippen LogP contribution in [0.15, 0.2) is 24.3 Å². The summed E-state index contributed by atoms with van der Waals surface area (Å²) in [4.78, 5) is 38.4. The maximum absolute atomic E-state index is 12.5. The van der Waals surface area contributed by atoms with Crippen LogP contribution >= 0.6 is 22.9 Å². The van der Waals surface area contributed by atoms with Gasteiger partial charge in [0, 0.05) is 28.3 Å². The number of halogens is 1. The molecule has 1 aromatic carbocycles. The van der Waals surface area contributed by atoms with E-state index in [1.165, 1.54) is 11.3 Å². The molecule has 154 valence electrons. The van der Waals surface area contributed by atoms with Crippen LogP contribution in [-0.4, -0.2) is 24.3 Å². The fourth-order valence-corrected chi connectivity index (χ4v) is 5.00. The van der Waals surface area contributed by atoms with E-state index < -0.39 is 5.97 Å². The van der Waals surface area contributed by atoms with Crippen molar-refractivity contribution in [3.05, 3.63) is 50.9 Å². The molecule has 1 atom stereocenters. The zero-order valence-electron chi connectivity index (χ0n) is 16.5. The van der Waals surface area contributed by atoms with E-state index in [0.29, 0.717) is 27.1 Å². The first kappa shape index (κ1) is 21.5. The zero-order valence-corrected chi connectivity index (χ0v) is 18.1. The molecule has 1 unspecified atom stereocenters. The van der Waals surface area contributed by atoms with Crippen molar-refractivity contribution >= 4 is 45.6 Å². The first-order valence-electron chi connectivity index (χ1n) is 9.79. The third-order valence-corrected chi connectivity index (χ3v) is 6.41. The van der Waals surface area contributed by atoms with E-state index in [9.17, 15) is 14.4 Å². The van der Waals surface area contributed by atoms with Crippen molar-refractivity contribution in [1.82, 2.24) is 0 Å². The monoisotopic (exact) mass is 433 g/mol. The number of ether oxygens (including phenoxy) is 1. The molecule has 0 fully saturated rings. The van der Waals surface area contributed by atoms with Crippen LogP contribution in [0.25, 0.3) is 0 Å². The molecule has 0 spiro atoms. The van der Waals surface area contributed by atoms with Crippen LogP contribution in [0, 0.1) is 5.92 Å². The molecule has 0 radical (unpaired) electrons. The fourth-order valence-electron chi connectivity index (χ4n) is 3.45. The van der Waals surface area contributed by atoms with Crippen molar-refractivity contribution in [3.63, 3.8) is 0 Å². The highest BCUT2D eigenvalue weighted by Crippen LogP contribution is 2.40. The Kier molecular flexibility index (Phi) is 7.09. The van der Waals surface area contributed by atoms with Crippen molar-refractivity contribution in [1.29, 1.82) is 0 Å². The number of hydrogen-bond donors (Lipinski definition) is 1. The second-order valence-electron chi connectivity index (χ2n) is 7.25. The summed E-state index contributed by atoms with van der Waals surface area (Å²) >= 11 is 7.29. The normalized spacial score (nSPS) is 15.5. The molecule has 3 rings (SSSR count). The topological polar surface area (TPSA) is 72.5 Å². The lowest BCUT2D eigenvalue weighted by Crippen LogP contribution is -2.17. The number of nitrogens with one attached hydrogen (secondary N) is 1. The van der Waals surface area contributed by atoms with E-state index in [-0.39, 0.29) is 31.1 Å². The zero-order chi connectivity index (χ0) is 21.0. The predicted molar refractivity (Wildman–Crippen MR) is 115 cm³/mol. The molecule has 0 saturated carbocycles. The minimum Gasteiger partial charge on any atom is -0.462 e. The molecular formula is C22H24ClNO4S. The third-order valence-electron chi connectivity index (χ3n) is 4.99. The maximum Gasteiger partial charge on any atom is 0.341 e. The molecule has 1 heterocycles. The van der Waals surface area contributed by atoms with E-state index in [2.05, 4.69) is 12.2 Å². The number of carbonyl (C=O) groups excluding carboxylic acids is 3. The average Bonchev–Trinajstić information content (AvgIpc) is 3.03. The standard InChI is InChI=1S/C22H24ClNO4S/c1-3-28-22(27)20-16-9-4-13(2)12-18(16)29-21(20)24-19(26)11-10-17(25)14-5-7-15(23)8-6-14/h5-8,13H,3-4,9-12H2,1-2H3,(H,24,26). The molecule has 1 aliphatic carbocycles. The first-order chi connectivity index (χ1) is 13.9. The number of benzene rings is 1. The minimum atomic E-state index is -0.396. The summed E-state index contributed by atoms with van der Waals surface area (Å²) in [5.41, 5.74) is 2.00. The number of thiophene rings is 1. The quantitative estimate of drug-likeness (QED) is 0.474. The number of ketones is 1. The van der Waals surface area contributed by atoms with Crippen LogP contribution < -0.4 is 5.32 Å². The molecule has 5 nitrogen and oxygen atoms in total. The van der Waals surface area contributed by atoms with Gasteiger partial charge in [0.05, 0.1) is 12.2 Å². The van der Waals surface area contributed by atoms with Gasteiger partial charge in [-0.25, -0.2) is 4.79 Å². The highest BCUT2D eigenvalue weighted by atomic mass is 35.5. The summed E-state index contributed by atoms with van der Waals surface area (Å²) in [6.45, 7) is 4.23. The Morgan fingerprint density at radius 1 is 1.21 bits per heavy atom. The van der Waals surface area contributed by atoms with Crippen molar-refractivity contribution in [2.45, 2.75) is 46.0 Å². The molecule has 2 aromatic rings. The smallest absolute Gasteiger partial charge is 0.341 e. The Morgan fingerprint density at radius 2 is 1.93 bits per heavy atom. The predicted octanol–water partition coefficient (Wildman–Crippen LogP) is 5.30. The van der Waals surface area contributed by atoms with Crippen molar-refractivity contribution in [2.24, 2.45) is 5.92 Å². The van der Waals surface area contributed by atoms with Gasteiger partial charge in [-0.1, -0.05) is 18.5 Å². The van der Waals surface area contributed by atoms with Crippen LogP contribution in [-0.2, 0) is 22.4 Å². The maximum atomic E-state index is 12.5. The molecule has 1 N–H and O–H groups in total. The molecule has 0 aliphatic heterocycles. The number of Topliss-reactive ketones (excluding diaryl/α,β-unsaturated/α-hetero) is 1. The summed E-state index contributed by atoms with van der Waals surface area (Å²) in [5, 5.41) is 3.93. The van der Waals surface area contributed by atoms with E-state index in [1.54, 1.807) is 31.2 Å². The van der Waals surface area contributed by atoms with E-state index in [0.717, 1.165) is 29.7 Å². The van der Waals surface area contributed by atoms with Crippen LogP contribution in [0.5, 0.6) is 0 Å². The highest BCUT2D eigenvalue weighted by Gasteiger charge is 2.29. The number of esters is 1. The van der Waals surface area contributed by atoms with E-state index in [1.807, 2.05) is 0 Å². The van der Waals surface area contributed by atoms with E-state index in [4.69, 9.17) is 16.3 Å². The molecule has 1 aliphatic rings. The molecule has 0 bridgehead atoms. The highest BCUT2D eigenvalue weighted by molar-refractivity contribution is 7.17. The lowest BCUT2D eigenvalue weighted by atomic mass is 9.88. The van der Waals surface area contributed by atoms with Crippen molar-refractivity contribution in [3.8, 4) is 0 Å². The Bertz CT molecular complexity index is 920. The Balaban J connectivity index is 1.70. The van der Waals surface area contributed by atoms with Gasteiger partial charge in [-0.2, -0.15) is 0 Å². The second-order valence-corrected chi connectivity index (χ2v) is 8.80. The summed E-state index contributed by atoms with van der Waals surface area (Å²) in [5.74, 6) is -0.255. The summed E-state index contributed by atoms with van der Waals surface area (Å²) in [6.07, 6.45) is 2.86. The minimum absolute atomic E-state index is 0.0443. The SMILES string of the molecule is CCOC(=O)c1c(NC(=O)CCC(=O)c2ccc(Cl)cc2)sc2c1CCC(C)C2. The Labute approximate surface area is 179 Å². The van der Waals surface area contributed by atoms with Crippen molar-refractivity contribution in [2.75, 3.05) is 11.9 Å². The van der Waals surface area contributed by atoms with Gasteiger partial charge in [0.25, 0.3) is 0 Å². The molecular weight excluding hydrogens is 410 g/mol. The molecule has 1 amide bonds. The van der Waals surface area contributed by atoms with Gasteiger partial charge in [0.1, 0.15) is 5.00 Å². The van der Waals surface area contributed by atoms with Crippen molar-refractivity contribution < 1.29 is 19.1 Å². The van der Waals surface area contributed by atoms with Crippen LogP contribution in [0.2, 0.25) is 5.02 Å². The fraction of sp³-hybridized carbons (Fsp3) is 0.409. The second kappa shape index (κ2) is 9.55. The Hall–Kier alpha value is -2.18. The average molecular weight is 434 g/mol. The Morgan fingerprint density at radius 3 is 2.62 bits per heavy atom. The molecule has 1 aromatic heterocycles. The molecule has 7 heteroatoms. The summed E-state index contributed by atoms with van der Waals surface area (Å²) < 4.78 is 5.22. The van der Waals surface area contributed by atoms with Gasteiger partial charge < -0.3 is 10.1 Å². The number of fused-ring (bicyclic) bond motifs is 1.